The maximum absolute atomic E-state index is 5.50. The van der Waals surface area contributed by atoms with E-state index in [-0.39, 0.29) is 112 Å². The van der Waals surface area contributed by atoms with Crippen molar-refractivity contribution in [2.24, 2.45) is 71.0 Å². The van der Waals surface area contributed by atoms with Crippen LogP contribution in [0.1, 0.15) is 155 Å². The second-order valence-corrected chi connectivity index (χ2v) is 30.5. The number of halogens is 2. The molecule has 0 heterocycles. The van der Waals surface area contributed by atoms with Crippen LogP contribution in [0.2, 0.25) is 18.6 Å². The van der Waals surface area contributed by atoms with Gasteiger partial charge in [0, 0.05) is 0 Å². The van der Waals surface area contributed by atoms with Gasteiger partial charge in [-0.1, -0.05) is 219 Å². The largest absolute Gasteiger partial charge is 4.00 e. The minimum atomic E-state index is -1.81. The Labute approximate surface area is 484 Å². The van der Waals surface area contributed by atoms with E-state index >= 15 is 0 Å². The van der Waals surface area contributed by atoms with Crippen LogP contribution in [-0.2, 0) is 60.5 Å². The molecule has 14 atom stereocenters. The van der Waals surface area contributed by atoms with Gasteiger partial charge in [-0.05, 0) is 93.3 Å². The third kappa shape index (κ3) is 22.8. The van der Waals surface area contributed by atoms with Crippen molar-refractivity contribution in [3.05, 3.63) is 127 Å². The Bertz CT molecular complexity index is 1570. The smallest absolute Gasteiger partial charge is 4.00 e. The molecule has 0 aromatic heterocycles. The zero-order chi connectivity index (χ0) is 45.9. The molecule has 3 nitrogen and oxygen atoms in total. The SMILES string of the molecule is CC1C(C)C(C)C(C[N-]C(C)(C)C)C1C.CC1C(C)C(C[N-]C(C)(C)C)C(c2ccc(-c3ccc(C4C(C)C(C)C(C)C4[Si](C)(C)[N-]C(C)(C)C)cc3)cc2)C1C.[CH3-].[CH3-].[CH3-].[CH3-].[CH3-].[CH3-].[CH3-].[Cl][Ti][Cl].[Ti+4].[Ti+4]. The van der Waals surface area contributed by atoms with E-state index in [0.717, 1.165) is 54.5 Å². The maximum atomic E-state index is 5.50. The number of nitrogens with zero attached hydrogens (tertiary/aromatic N) is 3. The topological polar surface area (TPSA) is 42.3 Å². The molecular weight excluding hydrogens is 1010 g/mol. The van der Waals surface area contributed by atoms with Gasteiger partial charge < -0.3 is 67.6 Å². The van der Waals surface area contributed by atoms with Gasteiger partial charge in [-0.15, -0.1) is 29.7 Å². The van der Waals surface area contributed by atoms with E-state index in [9.17, 15) is 0 Å². The summed E-state index contributed by atoms with van der Waals surface area (Å²) in [6.07, 6.45) is 0. The van der Waals surface area contributed by atoms with Gasteiger partial charge in [0.2, 0.25) is 0 Å². The summed E-state index contributed by atoms with van der Waals surface area (Å²) in [4.78, 5) is 5.50. The molecule has 2 aromatic rings. The van der Waals surface area contributed by atoms with Gasteiger partial charge in [-0.2, -0.15) is 0 Å². The van der Waals surface area contributed by atoms with Crippen molar-refractivity contribution >= 4 is 26.8 Å². The van der Waals surface area contributed by atoms with Crippen LogP contribution in [0.5, 0.6) is 0 Å². The van der Waals surface area contributed by atoms with Crippen LogP contribution >= 0.6 is 18.6 Å². The van der Waals surface area contributed by atoms with E-state index < -0.39 is 25.3 Å². The van der Waals surface area contributed by atoms with Crippen molar-refractivity contribution in [2.75, 3.05) is 13.1 Å². The van der Waals surface area contributed by atoms with Gasteiger partial charge >= 0.3 is 79.1 Å². The predicted octanol–water partition coefficient (Wildman–Crippen LogP) is 20.8. The third-order valence-corrected chi connectivity index (χ3v) is 20.1. The van der Waals surface area contributed by atoms with E-state index in [1.54, 1.807) is 0 Å². The third-order valence-electron chi connectivity index (χ3n) is 16.3. The van der Waals surface area contributed by atoms with Crippen LogP contribution in [0, 0.1) is 123 Å². The van der Waals surface area contributed by atoms with Crippen LogP contribution in [0.4, 0.5) is 0 Å². The van der Waals surface area contributed by atoms with Gasteiger partial charge in [-0.25, -0.2) is 0 Å². The van der Waals surface area contributed by atoms with Crippen molar-refractivity contribution in [1.82, 2.24) is 0 Å². The van der Waals surface area contributed by atoms with Crippen LogP contribution in [0.3, 0.4) is 0 Å². The number of benzene rings is 2. The summed E-state index contributed by atoms with van der Waals surface area (Å²) in [5, 5.41) is 9.90. The normalized spacial score (nSPS) is 30.2. The molecule has 2 aromatic carbocycles. The van der Waals surface area contributed by atoms with E-state index in [1.165, 1.54) is 22.3 Å². The monoisotopic (exact) mass is 1120 g/mol. The zero-order valence-corrected chi connectivity index (χ0v) is 57.5. The Hall–Kier alpha value is 1.26. The number of hydrogen-bond acceptors (Lipinski definition) is 0. The fraction of sp³-hybridized carbons (Fsp3) is 0.683. The standard InChI is InChI=1S/C39H62N2Si.C14H28N.7CH3.2ClH.3Ti/c1-24-26(3)34(23-40-38(7,8)9)35(27(24)4)32-19-15-30(16-20-32)31-17-21-33(22-18-31)36-28(5)25(2)29(6)37(36)42(13,14)41-39(10,11)12;1-9-10(2)12(4)13(11(9)3)8-15-14(5,6)7;;;;;;;;;;;;/h15-22,24-29,34-37H,23H2,1-14H3;9-13H,8H2,1-7H3;7*1H3;2*1H;;;/q-2;8*-1;;;+2;2*+4/p-2. The Morgan fingerprint density at radius 2 is 0.696 bits per heavy atom. The van der Waals surface area contributed by atoms with E-state index in [4.69, 9.17) is 34.2 Å². The van der Waals surface area contributed by atoms with Gasteiger partial charge in [0.1, 0.15) is 0 Å². The predicted molar refractivity (Wildman–Crippen MR) is 313 cm³/mol. The van der Waals surface area contributed by atoms with Crippen LogP contribution in [0.15, 0.2) is 48.5 Å². The number of rotatable bonds is 9. The molecule has 5 rings (SSSR count). The Morgan fingerprint density at radius 1 is 0.420 bits per heavy atom. The summed E-state index contributed by atoms with van der Waals surface area (Å²) >= 11 is -0.556. The quantitative estimate of drug-likeness (QED) is 0.177. The molecule has 398 valence electrons. The van der Waals surface area contributed by atoms with Crippen molar-refractivity contribution in [3.63, 3.8) is 0 Å². The van der Waals surface area contributed by atoms with Gasteiger partial charge in [0.25, 0.3) is 0 Å². The first-order valence-electron chi connectivity index (χ1n) is 23.8. The zero-order valence-electron chi connectivity index (χ0n) is 50.3. The minimum absolute atomic E-state index is 0. The average molecular weight is 1120 g/mol. The minimum Gasteiger partial charge on any atom is 4.00 e. The summed E-state index contributed by atoms with van der Waals surface area (Å²) < 4.78 is 0. The summed E-state index contributed by atoms with van der Waals surface area (Å²) in [6.45, 7) is 51.7. The van der Waals surface area contributed by atoms with Gasteiger partial charge in [-0.3, -0.25) is 0 Å². The van der Waals surface area contributed by atoms with Gasteiger partial charge in [0.05, 0.1) is 0 Å². The fourth-order valence-electron chi connectivity index (χ4n) is 12.2. The van der Waals surface area contributed by atoms with E-state index in [0.29, 0.717) is 47.0 Å². The van der Waals surface area contributed by atoms with Gasteiger partial charge in [0.15, 0.2) is 0 Å². The second-order valence-electron chi connectivity index (χ2n) is 23.8. The number of hydrogen-bond donors (Lipinski definition) is 0. The molecule has 0 N–H and O–H groups in total. The first-order chi connectivity index (χ1) is 27.5. The maximum Gasteiger partial charge on any atom is 4.00 e. The van der Waals surface area contributed by atoms with Crippen molar-refractivity contribution in [2.45, 2.75) is 179 Å². The van der Waals surface area contributed by atoms with Crippen LogP contribution in [0.25, 0.3) is 26.7 Å². The summed E-state index contributed by atoms with van der Waals surface area (Å²) in [5.41, 5.74) is 6.51. The van der Waals surface area contributed by atoms with Crippen molar-refractivity contribution in [1.29, 1.82) is 0 Å². The molecular formula is C60H111Cl2N3SiTi3-2. The van der Waals surface area contributed by atoms with Crippen LogP contribution in [-0.4, -0.2) is 37.9 Å². The summed E-state index contributed by atoms with van der Waals surface area (Å²) in [5.74, 6) is 10.2. The molecule has 0 saturated heterocycles. The molecule has 3 aliphatic rings. The Balaban J connectivity index is -0.000000245. The second kappa shape index (κ2) is 34.8. The Kier molecular flexibility index (Phi) is 42.5. The van der Waals surface area contributed by atoms with Crippen molar-refractivity contribution < 1.29 is 60.5 Å². The van der Waals surface area contributed by atoms with Crippen LogP contribution < -0.4 is 0 Å². The first-order valence-corrected chi connectivity index (χ1v) is 31.1. The summed E-state index contributed by atoms with van der Waals surface area (Å²) in [6, 6.07) is 19.2. The van der Waals surface area contributed by atoms with E-state index in [1.807, 2.05) is 0 Å². The Morgan fingerprint density at radius 3 is 1.03 bits per heavy atom. The molecule has 0 spiro atoms. The molecule has 14 unspecified atom stereocenters. The molecule has 0 bridgehead atoms. The average Bonchev–Trinajstić information content (AvgIpc) is 3.59. The molecule has 3 saturated carbocycles. The molecule has 3 fully saturated rings. The molecule has 0 radical (unpaired) electrons. The molecule has 0 amide bonds. The molecule has 3 aliphatic carbocycles. The molecule has 0 aliphatic heterocycles. The van der Waals surface area contributed by atoms with E-state index in [2.05, 4.69) is 193 Å². The van der Waals surface area contributed by atoms with Crippen molar-refractivity contribution in [3.8, 4) is 11.1 Å². The molecule has 69 heavy (non-hydrogen) atoms. The fourth-order valence-corrected chi connectivity index (χ4v) is 17.0. The summed E-state index contributed by atoms with van der Waals surface area (Å²) in [7, 11) is 7.96. The first kappa shape index (κ1) is 84.2. The molecule has 9 heteroatoms.